The van der Waals surface area contributed by atoms with Gasteiger partial charge >= 0.3 is 0 Å². The molecule has 2 N–H and O–H groups in total. The Bertz CT molecular complexity index is 702. The molecule has 5 nitrogen and oxygen atoms in total. The molecule has 3 rings (SSSR count). The molecule has 0 amide bonds. The molecule has 1 fully saturated rings. The summed E-state index contributed by atoms with van der Waals surface area (Å²) < 4.78 is 0. The topological polar surface area (TPSA) is 52.6 Å². The lowest BCUT2D eigenvalue weighted by Crippen LogP contribution is -2.45. The van der Waals surface area contributed by atoms with E-state index < -0.39 is 0 Å². The first-order valence-corrected chi connectivity index (χ1v) is 11.6. The molecule has 0 aromatic carbocycles. The highest BCUT2D eigenvalue weighted by Gasteiger charge is 2.25. The number of hydrogen-bond acceptors (Lipinski definition) is 5. The number of aryl methyl sites for hydroxylation is 1. The van der Waals surface area contributed by atoms with Gasteiger partial charge in [-0.2, -0.15) is 0 Å². The van der Waals surface area contributed by atoms with Crippen molar-refractivity contribution in [3.63, 3.8) is 0 Å². The Morgan fingerprint density at radius 3 is 2.81 bits per heavy atom. The smallest absolute Gasteiger partial charge is 0.191 e. The molecule has 148 valence electrons. The minimum Gasteiger partial charge on any atom is -0.357 e. The number of likely N-dealkylation sites (tertiary alicyclic amines) is 1. The maximum absolute atomic E-state index is 4.76. The van der Waals surface area contributed by atoms with E-state index in [4.69, 9.17) is 4.99 Å². The number of aliphatic imine (C=N–C) groups is 1. The van der Waals surface area contributed by atoms with Crippen molar-refractivity contribution >= 4 is 28.6 Å². The van der Waals surface area contributed by atoms with E-state index >= 15 is 0 Å². The zero-order valence-electron chi connectivity index (χ0n) is 16.6. The number of hydrogen-bond donors (Lipinski definition) is 2. The summed E-state index contributed by atoms with van der Waals surface area (Å²) in [6.07, 6.45) is 4.51. The second-order valence-corrected chi connectivity index (χ2v) is 9.47. The Kier molecular flexibility index (Phi) is 7.67. The van der Waals surface area contributed by atoms with Crippen LogP contribution in [-0.2, 0) is 6.54 Å². The number of guanidine groups is 1. The average Bonchev–Trinajstić information content (AvgIpc) is 3.33. The van der Waals surface area contributed by atoms with Gasteiger partial charge < -0.3 is 10.6 Å². The predicted octanol–water partition coefficient (Wildman–Crippen LogP) is 4.04. The van der Waals surface area contributed by atoms with E-state index in [0.717, 1.165) is 30.0 Å². The van der Waals surface area contributed by atoms with Crippen molar-refractivity contribution in [2.45, 2.75) is 46.2 Å². The van der Waals surface area contributed by atoms with Gasteiger partial charge in [0.15, 0.2) is 5.96 Å². The zero-order chi connectivity index (χ0) is 19.1. The van der Waals surface area contributed by atoms with Gasteiger partial charge in [0.1, 0.15) is 0 Å². The van der Waals surface area contributed by atoms with E-state index in [1.807, 2.05) is 24.5 Å². The molecule has 2 aromatic heterocycles. The Labute approximate surface area is 170 Å². The third-order valence-electron chi connectivity index (χ3n) is 5.00. The standard InChI is InChI=1S/C20H31N5S2/c1-4-21-20(23-13-17-12-22-16(3)27-17)24-14-18(19-6-5-11-26-19)25-9-7-15(2)8-10-25/h5-6,11-12,15,18H,4,7-10,13-14H2,1-3H3,(H2,21,23,24). The van der Waals surface area contributed by atoms with Gasteiger partial charge in [-0.05, 0) is 57.1 Å². The first-order chi connectivity index (χ1) is 13.2. The third kappa shape index (κ3) is 6.02. The van der Waals surface area contributed by atoms with Crippen molar-refractivity contribution in [1.82, 2.24) is 20.5 Å². The number of nitrogens with one attached hydrogen (secondary N) is 2. The van der Waals surface area contributed by atoms with E-state index in [1.165, 1.54) is 35.7 Å². The van der Waals surface area contributed by atoms with Gasteiger partial charge in [-0.25, -0.2) is 9.98 Å². The van der Waals surface area contributed by atoms with Crippen molar-refractivity contribution in [2.75, 3.05) is 26.2 Å². The highest BCUT2D eigenvalue weighted by Crippen LogP contribution is 2.29. The van der Waals surface area contributed by atoms with Crippen LogP contribution in [0.25, 0.3) is 0 Å². The summed E-state index contributed by atoms with van der Waals surface area (Å²) in [5.41, 5.74) is 0. The van der Waals surface area contributed by atoms with Crippen LogP contribution in [0, 0.1) is 12.8 Å². The van der Waals surface area contributed by atoms with Crippen LogP contribution < -0.4 is 10.6 Å². The van der Waals surface area contributed by atoms with Crippen LogP contribution in [0.3, 0.4) is 0 Å². The minimum absolute atomic E-state index is 0.409. The molecule has 1 unspecified atom stereocenters. The molecule has 1 aliphatic rings. The van der Waals surface area contributed by atoms with Crippen molar-refractivity contribution in [2.24, 2.45) is 10.9 Å². The molecule has 2 aromatic rings. The lowest BCUT2D eigenvalue weighted by molar-refractivity contribution is 0.140. The van der Waals surface area contributed by atoms with Crippen molar-refractivity contribution in [3.8, 4) is 0 Å². The first kappa shape index (κ1) is 20.3. The van der Waals surface area contributed by atoms with E-state index in [9.17, 15) is 0 Å². The highest BCUT2D eigenvalue weighted by atomic mass is 32.1. The number of aromatic nitrogens is 1. The quantitative estimate of drug-likeness (QED) is 0.539. The summed E-state index contributed by atoms with van der Waals surface area (Å²) in [5, 5.41) is 10.2. The minimum atomic E-state index is 0.409. The van der Waals surface area contributed by atoms with Gasteiger partial charge in [0.25, 0.3) is 0 Å². The van der Waals surface area contributed by atoms with Crippen LogP contribution >= 0.6 is 22.7 Å². The summed E-state index contributed by atoms with van der Waals surface area (Å²) in [6.45, 7) is 11.3. The maximum Gasteiger partial charge on any atom is 0.191 e. The molecular weight excluding hydrogens is 374 g/mol. The number of thiophene rings is 1. The SMILES string of the molecule is CCNC(=NCc1cnc(C)s1)NCC(c1cccs1)N1CCC(C)CC1. The van der Waals surface area contributed by atoms with Gasteiger partial charge in [0, 0.05) is 29.0 Å². The first-order valence-electron chi connectivity index (χ1n) is 9.86. The van der Waals surface area contributed by atoms with Crippen LogP contribution in [0.5, 0.6) is 0 Å². The normalized spacial score (nSPS) is 17.8. The molecule has 7 heteroatoms. The van der Waals surface area contributed by atoms with E-state index in [2.05, 4.69) is 51.9 Å². The Balaban J connectivity index is 1.64. The molecule has 3 heterocycles. The van der Waals surface area contributed by atoms with Crippen LogP contribution in [0.15, 0.2) is 28.7 Å². The fourth-order valence-corrected chi connectivity index (χ4v) is 4.98. The van der Waals surface area contributed by atoms with Gasteiger partial charge in [-0.3, -0.25) is 4.90 Å². The second kappa shape index (κ2) is 10.2. The van der Waals surface area contributed by atoms with Crippen LogP contribution in [0.4, 0.5) is 0 Å². The molecule has 1 saturated heterocycles. The van der Waals surface area contributed by atoms with Gasteiger partial charge in [0.05, 0.1) is 17.6 Å². The summed E-state index contributed by atoms with van der Waals surface area (Å²) in [4.78, 5) is 14.3. The van der Waals surface area contributed by atoms with Gasteiger partial charge in [0.2, 0.25) is 0 Å². The summed E-state index contributed by atoms with van der Waals surface area (Å²) in [5.74, 6) is 1.73. The molecule has 1 aliphatic heterocycles. The van der Waals surface area contributed by atoms with E-state index in [-0.39, 0.29) is 0 Å². The molecule has 0 spiro atoms. The van der Waals surface area contributed by atoms with Gasteiger partial charge in [-0.1, -0.05) is 13.0 Å². The fourth-order valence-electron chi connectivity index (χ4n) is 3.40. The number of nitrogens with zero attached hydrogens (tertiary/aromatic N) is 3. The van der Waals surface area contributed by atoms with Crippen molar-refractivity contribution < 1.29 is 0 Å². The molecule has 1 atom stereocenters. The summed E-state index contributed by atoms with van der Waals surface area (Å²) >= 11 is 3.57. The van der Waals surface area contributed by atoms with Crippen LogP contribution in [0.2, 0.25) is 0 Å². The molecule has 0 saturated carbocycles. The summed E-state index contributed by atoms with van der Waals surface area (Å²) in [7, 11) is 0. The predicted molar refractivity (Wildman–Crippen MR) is 117 cm³/mol. The maximum atomic E-state index is 4.76. The van der Waals surface area contributed by atoms with Crippen molar-refractivity contribution in [3.05, 3.63) is 38.5 Å². The van der Waals surface area contributed by atoms with Gasteiger partial charge in [-0.15, -0.1) is 22.7 Å². The lowest BCUT2D eigenvalue weighted by atomic mass is 9.97. The van der Waals surface area contributed by atoms with E-state index in [1.54, 1.807) is 11.3 Å². The second-order valence-electron chi connectivity index (χ2n) is 7.17. The molecular formula is C20H31N5S2. The Hall–Kier alpha value is -1.44. The third-order valence-corrected chi connectivity index (χ3v) is 6.87. The summed E-state index contributed by atoms with van der Waals surface area (Å²) in [6, 6.07) is 4.83. The lowest BCUT2D eigenvalue weighted by Gasteiger charge is -2.36. The number of rotatable bonds is 7. The van der Waals surface area contributed by atoms with Crippen LogP contribution in [-0.4, -0.2) is 42.0 Å². The Morgan fingerprint density at radius 2 is 2.19 bits per heavy atom. The molecule has 27 heavy (non-hydrogen) atoms. The molecule has 0 bridgehead atoms. The number of thiazole rings is 1. The average molecular weight is 406 g/mol. The Morgan fingerprint density at radius 1 is 1.37 bits per heavy atom. The highest BCUT2D eigenvalue weighted by molar-refractivity contribution is 7.11. The monoisotopic (exact) mass is 405 g/mol. The molecule has 0 aliphatic carbocycles. The number of piperidine rings is 1. The fraction of sp³-hybridized carbons (Fsp3) is 0.600. The largest absolute Gasteiger partial charge is 0.357 e. The van der Waals surface area contributed by atoms with Crippen molar-refractivity contribution in [1.29, 1.82) is 0 Å². The van der Waals surface area contributed by atoms with E-state index in [0.29, 0.717) is 12.6 Å². The zero-order valence-corrected chi connectivity index (χ0v) is 18.2. The molecule has 0 radical (unpaired) electrons. The van der Waals surface area contributed by atoms with Crippen LogP contribution in [0.1, 0.15) is 47.5 Å².